The van der Waals surface area contributed by atoms with Crippen molar-refractivity contribution < 1.29 is 84.6 Å². The molecule has 17 heteroatoms. The van der Waals surface area contributed by atoms with Crippen LogP contribution >= 0.6 is 0 Å². The van der Waals surface area contributed by atoms with E-state index in [0.717, 1.165) is 37.7 Å². The zero-order chi connectivity index (χ0) is 47.1. The lowest BCUT2D eigenvalue weighted by Crippen LogP contribution is -2.67. The quantitative estimate of drug-likeness (QED) is 0.0892. The molecule has 3 aliphatic heterocycles. The van der Waals surface area contributed by atoms with Crippen LogP contribution in [0.25, 0.3) is 0 Å². The van der Waals surface area contributed by atoms with Crippen molar-refractivity contribution in [2.75, 3.05) is 19.8 Å². The van der Waals surface area contributed by atoms with E-state index < -0.39 is 123 Å². The summed E-state index contributed by atoms with van der Waals surface area (Å²) in [6.07, 6.45) is -11.9. The highest BCUT2D eigenvalue weighted by Gasteiger charge is 2.72. The maximum Gasteiger partial charge on any atom is 0.187 e. The van der Waals surface area contributed by atoms with Crippen molar-refractivity contribution in [3.63, 3.8) is 0 Å². The van der Waals surface area contributed by atoms with Gasteiger partial charge in [-0.2, -0.15) is 0 Å². The van der Waals surface area contributed by atoms with E-state index >= 15 is 0 Å². The molecule has 0 aromatic heterocycles. The van der Waals surface area contributed by atoms with Crippen LogP contribution < -0.4 is 0 Å². The van der Waals surface area contributed by atoms with Crippen molar-refractivity contribution in [1.29, 1.82) is 0 Å². The van der Waals surface area contributed by atoms with Crippen molar-refractivity contribution in [1.82, 2.24) is 0 Å². The topological polar surface area (TPSA) is 278 Å². The fraction of sp³-hybridized carbons (Fsp3) is 0.957. The van der Waals surface area contributed by atoms with E-state index in [9.17, 15) is 56.2 Å². The summed E-state index contributed by atoms with van der Waals surface area (Å²) in [6, 6.07) is 0. The van der Waals surface area contributed by atoms with E-state index in [4.69, 9.17) is 28.4 Å². The Bertz CT molecular complexity index is 1630. The van der Waals surface area contributed by atoms with Crippen LogP contribution in [0.3, 0.4) is 0 Å². The van der Waals surface area contributed by atoms with E-state index in [1.54, 1.807) is 0 Å². The molecule has 7 aliphatic rings. The predicted octanol–water partition coefficient (Wildman–Crippen LogP) is 0.612. The lowest BCUT2D eigenvalue weighted by molar-refractivity contribution is -0.342. The van der Waals surface area contributed by atoms with Crippen molar-refractivity contribution >= 4 is 0 Å². The van der Waals surface area contributed by atoms with Gasteiger partial charge in [0.2, 0.25) is 0 Å². The van der Waals surface area contributed by atoms with E-state index in [2.05, 4.69) is 40.7 Å². The summed E-state index contributed by atoms with van der Waals surface area (Å²) in [6.45, 7) is 16.1. The second-order valence-corrected chi connectivity index (χ2v) is 22.4. The molecule has 7 rings (SSSR count). The van der Waals surface area contributed by atoms with Crippen molar-refractivity contribution in [3.8, 4) is 0 Å². The second kappa shape index (κ2) is 18.8. The number of hydrogen-bond donors (Lipinski definition) is 11. The summed E-state index contributed by atoms with van der Waals surface area (Å²) in [7, 11) is 0. The van der Waals surface area contributed by atoms with Crippen molar-refractivity contribution in [3.05, 3.63) is 11.6 Å². The average molecular weight is 917 g/mol. The van der Waals surface area contributed by atoms with Crippen LogP contribution in [0.4, 0.5) is 0 Å². The molecule has 0 bridgehead atoms. The first-order valence-electron chi connectivity index (χ1n) is 23.8. The van der Waals surface area contributed by atoms with Gasteiger partial charge in [0.25, 0.3) is 0 Å². The van der Waals surface area contributed by atoms with Gasteiger partial charge in [-0.25, -0.2) is 0 Å². The Morgan fingerprint density at radius 2 is 1.19 bits per heavy atom. The van der Waals surface area contributed by atoms with Gasteiger partial charge in [-0.05, 0) is 124 Å². The molecule has 0 amide bonds. The SMILES string of the molecule is CC(C)=CCC[C@](C)(O[C@H]1O[C@@H](CO[C@@H]2O[C@@H](CO)[C@@H](O)[C@@H]2O)[C@H](O)[C@@H](O)[C@@H]1O)[C@@H]1CC[C@]2(C)[C@@H]1[C@H](O)C[C@@H]1[C@]3(C)CC[C@H](O[C@@H]4O[C@H](CO)[C@@H](O)[C@H](O)[C@@H]4O)C(C)(C)[C@@H]3CC[C@@]12C. The van der Waals surface area contributed by atoms with Gasteiger partial charge < -0.3 is 84.6 Å². The summed E-state index contributed by atoms with van der Waals surface area (Å²) >= 11 is 0. The molecule has 3 saturated heterocycles. The molecule has 370 valence electrons. The molecule has 4 saturated carbocycles. The Morgan fingerprint density at radius 1 is 0.641 bits per heavy atom. The Morgan fingerprint density at radius 3 is 1.81 bits per heavy atom. The van der Waals surface area contributed by atoms with E-state index in [-0.39, 0.29) is 46.0 Å². The summed E-state index contributed by atoms with van der Waals surface area (Å²) in [5.41, 5.74) is -0.947. The minimum Gasteiger partial charge on any atom is -0.394 e. The normalized spacial score (nSPS) is 52.3. The molecule has 0 aromatic rings. The van der Waals surface area contributed by atoms with Crippen molar-refractivity contribution in [2.24, 2.45) is 45.3 Å². The number of aliphatic hydroxyl groups is 11. The minimum absolute atomic E-state index is 0.149. The molecule has 24 atom stereocenters. The van der Waals surface area contributed by atoms with Gasteiger partial charge in [0.05, 0.1) is 37.6 Å². The summed E-state index contributed by atoms with van der Waals surface area (Å²) in [5.74, 6) is -0.0472. The van der Waals surface area contributed by atoms with Crippen LogP contribution in [0.1, 0.15) is 113 Å². The summed E-state index contributed by atoms with van der Waals surface area (Å²) in [5, 5.41) is 118. The highest BCUT2D eigenvalue weighted by molar-refractivity contribution is 5.20. The van der Waals surface area contributed by atoms with Gasteiger partial charge in [-0.3, -0.25) is 0 Å². The molecule has 4 aliphatic carbocycles. The Balaban J connectivity index is 1.11. The molecule has 0 aromatic carbocycles. The smallest absolute Gasteiger partial charge is 0.187 e. The van der Waals surface area contributed by atoms with Crippen molar-refractivity contribution in [2.45, 2.75) is 217 Å². The Labute approximate surface area is 377 Å². The summed E-state index contributed by atoms with van der Waals surface area (Å²) in [4.78, 5) is 0. The number of ether oxygens (including phenoxy) is 6. The van der Waals surface area contributed by atoms with Gasteiger partial charge in [0.15, 0.2) is 18.9 Å². The number of fused-ring (bicyclic) bond motifs is 5. The van der Waals surface area contributed by atoms with Gasteiger partial charge in [0, 0.05) is 0 Å². The molecule has 0 unspecified atom stereocenters. The first-order valence-corrected chi connectivity index (χ1v) is 23.8. The molecule has 11 N–H and O–H groups in total. The second-order valence-electron chi connectivity index (χ2n) is 22.4. The number of allylic oxidation sites excluding steroid dienone is 2. The maximum atomic E-state index is 12.7. The third kappa shape index (κ3) is 8.49. The standard InChI is InChI=1S/C47H80O17/c1-22(2)10-9-14-47(8,64-42-39(58)36(55)34(53)27(62-42)21-59-40-37(56)33(52)26(20-49)60-40)23-11-16-46(7)31(23)24(50)18-29-44(5)15-13-30(43(3,4)28(44)12-17-45(29,46)6)63-41-38(57)35(54)32(51)25(19-48)61-41/h10,23-42,48-58H,9,11-21H2,1-8H3/t23-,24-,25-,26+,27+,28+,29-,30+,31+,32-,33-,34+,35+,36-,37+,38+,39+,40-,41+,42-,44-,45+,46-,47+/m1/s1. The first-order chi connectivity index (χ1) is 29.9. The molecule has 3 heterocycles. The predicted molar refractivity (Wildman–Crippen MR) is 228 cm³/mol. The van der Waals surface area contributed by atoms with Crippen LogP contribution in [0.5, 0.6) is 0 Å². The van der Waals surface area contributed by atoms with Gasteiger partial charge in [-0.1, -0.05) is 46.3 Å². The Kier molecular flexibility index (Phi) is 14.9. The fourth-order valence-electron chi connectivity index (χ4n) is 14.6. The zero-order valence-corrected chi connectivity index (χ0v) is 39.0. The Hall–Kier alpha value is -0.940. The molecule has 0 radical (unpaired) electrons. The third-order valence-electron chi connectivity index (χ3n) is 18.4. The molecule has 64 heavy (non-hydrogen) atoms. The third-order valence-corrected chi connectivity index (χ3v) is 18.4. The first kappa shape index (κ1) is 50.9. The average Bonchev–Trinajstić information content (AvgIpc) is 3.76. The molecular weight excluding hydrogens is 836 g/mol. The molecule has 17 nitrogen and oxygen atoms in total. The number of hydrogen-bond acceptors (Lipinski definition) is 17. The zero-order valence-electron chi connectivity index (χ0n) is 39.0. The van der Waals surface area contributed by atoms with E-state index in [1.807, 2.05) is 20.8 Å². The van der Waals surface area contributed by atoms with Crippen LogP contribution in [0, 0.1) is 45.3 Å². The maximum absolute atomic E-state index is 12.7. The van der Waals surface area contributed by atoms with Crippen LogP contribution in [-0.4, -0.2) is 180 Å². The largest absolute Gasteiger partial charge is 0.394 e. The van der Waals surface area contributed by atoms with E-state index in [1.165, 1.54) is 0 Å². The number of rotatable bonds is 13. The van der Waals surface area contributed by atoms with Gasteiger partial charge in [-0.15, -0.1) is 0 Å². The molecule has 7 fully saturated rings. The number of aliphatic hydroxyl groups excluding tert-OH is 11. The minimum atomic E-state index is -1.67. The fourth-order valence-corrected chi connectivity index (χ4v) is 14.6. The van der Waals surface area contributed by atoms with Gasteiger partial charge in [0.1, 0.15) is 67.1 Å². The highest BCUT2D eigenvalue weighted by Crippen LogP contribution is 2.76. The molecular formula is C47H80O17. The summed E-state index contributed by atoms with van der Waals surface area (Å²) < 4.78 is 36.6. The highest BCUT2D eigenvalue weighted by atomic mass is 16.7. The lowest BCUT2D eigenvalue weighted by atomic mass is 9.35. The lowest BCUT2D eigenvalue weighted by Gasteiger charge is -2.71. The van der Waals surface area contributed by atoms with Crippen LogP contribution in [0.2, 0.25) is 0 Å². The van der Waals surface area contributed by atoms with E-state index in [0.29, 0.717) is 25.7 Å². The molecule has 0 spiro atoms. The monoisotopic (exact) mass is 917 g/mol. The van der Waals surface area contributed by atoms with Crippen LogP contribution in [-0.2, 0) is 28.4 Å². The van der Waals surface area contributed by atoms with Gasteiger partial charge >= 0.3 is 0 Å². The van der Waals surface area contributed by atoms with Crippen LogP contribution in [0.15, 0.2) is 11.6 Å².